The third-order valence-corrected chi connectivity index (χ3v) is 1.76. The first-order valence-electron chi connectivity index (χ1n) is 4.67. The minimum Gasteiger partial charge on any atom is -0.295 e. The molecule has 0 fully saturated rings. The molecular formula is C8H16F3N3O. The van der Waals surface area contributed by atoms with Gasteiger partial charge in [-0.2, -0.15) is 13.2 Å². The Bertz CT molecular complexity index is 196. The summed E-state index contributed by atoms with van der Waals surface area (Å²) < 4.78 is 36.2. The van der Waals surface area contributed by atoms with Crippen LogP contribution in [0.25, 0.3) is 0 Å². The molecule has 3 N–H and O–H groups in total. The Labute approximate surface area is 86.6 Å². The molecule has 0 aromatic rings. The van der Waals surface area contributed by atoms with Crippen molar-refractivity contribution in [3.05, 3.63) is 0 Å². The Kier molecular flexibility index (Phi) is 6.26. The number of rotatable bonds is 6. The number of carbonyl (C=O) groups is 1. The first kappa shape index (κ1) is 14.2. The monoisotopic (exact) mass is 227 g/mol. The molecule has 7 heteroatoms. The van der Waals surface area contributed by atoms with Crippen LogP contribution in [0.3, 0.4) is 0 Å². The molecule has 0 radical (unpaired) electrons. The van der Waals surface area contributed by atoms with Crippen LogP contribution in [0.2, 0.25) is 0 Å². The average molecular weight is 227 g/mol. The van der Waals surface area contributed by atoms with Crippen molar-refractivity contribution in [2.45, 2.75) is 25.9 Å². The van der Waals surface area contributed by atoms with E-state index in [1.165, 1.54) is 4.90 Å². The van der Waals surface area contributed by atoms with Crippen molar-refractivity contribution >= 4 is 5.91 Å². The van der Waals surface area contributed by atoms with Crippen LogP contribution in [0.5, 0.6) is 0 Å². The molecule has 90 valence electrons. The summed E-state index contributed by atoms with van der Waals surface area (Å²) >= 11 is 0. The minimum atomic E-state index is -4.23. The van der Waals surface area contributed by atoms with E-state index >= 15 is 0 Å². The highest BCUT2D eigenvalue weighted by Gasteiger charge is 2.30. The fourth-order valence-electron chi connectivity index (χ4n) is 1.17. The Morgan fingerprint density at radius 1 is 1.40 bits per heavy atom. The highest BCUT2D eigenvalue weighted by atomic mass is 19.4. The summed E-state index contributed by atoms with van der Waals surface area (Å²) in [6.45, 7) is 1.18. The molecule has 15 heavy (non-hydrogen) atoms. The van der Waals surface area contributed by atoms with Gasteiger partial charge in [0.25, 0.3) is 0 Å². The summed E-state index contributed by atoms with van der Waals surface area (Å²) in [7, 11) is 0. The van der Waals surface area contributed by atoms with Gasteiger partial charge in [0.05, 0.1) is 6.54 Å². The Hall–Kier alpha value is -0.820. The molecule has 4 nitrogen and oxygen atoms in total. The van der Waals surface area contributed by atoms with Gasteiger partial charge in [-0.25, -0.2) is 5.84 Å². The molecule has 0 rings (SSSR count). The van der Waals surface area contributed by atoms with E-state index in [1.807, 2.05) is 5.43 Å². The quantitative estimate of drug-likeness (QED) is 0.398. The first-order chi connectivity index (χ1) is 6.89. The predicted octanol–water partition coefficient (Wildman–Crippen LogP) is 0.641. The lowest BCUT2D eigenvalue weighted by atomic mass is 10.3. The highest BCUT2D eigenvalue weighted by molar-refractivity contribution is 5.75. The number of nitrogens with two attached hydrogens (primary N) is 1. The average Bonchev–Trinajstić information content (AvgIpc) is 2.11. The zero-order chi connectivity index (χ0) is 11.9. The topological polar surface area (TPSA) is 58.4 Å². The van der Waals surface area contributed by atoms with E-state index in [1.54, 1.807) is 6.92 Å². The highest BCUT2D eigenvalue weighted by Crippen LogP contribution is 2.16. The third-order valence-electron chi connectivity index (χ3n) is 1.76. The van der Waals surface area contributed by atoms with Gasteiger partial charge in [0.1, 0.15) is 0 Å². The van der Waals surface area contributed by atoms with Crippen molar-refractivity contribution in [3.63, 3.8) is 0 Å². The number of amides is 1. The van der Waals surface area contributed by atoms with Crippen LogP contribution in [0.1, 0.15) is 19.8 Å². The second kappa shape index (κ2) is 6.62. The Morgan fingerprint density at radius 2 is 2.00 bits per heavy atom. The lowest BCUT2D eigenvalue weighted by molar-refractivity contribution is -0.147. The van der Waals surface area contributed by atoms with Gasteiger partial charge in [-0.3, -0.25) is 15.1 Å². The van der Waals surface area contributed by atoms with Gasteiger partial charge in [-0.15, -0.1) is 0 Å². The molecule has 0 spiro atoms. The van der Waals surface area contributed by atoms with Gasteiger partial charge in [0.2, 0.25) is 5.91 Å². The smallest absolute Gasteiger partial charge is 0.295 e. The fraction of sp³-hybridized carbons (Fsp3) is 0.875. The van der Waals surface area contributed by atoms with E-state index in [-0.39, 0.29) is 13.0 Å². The van der Waals surface area contributed by atoms with Crippen LogP contribution in [-0.4, -0.2) is 36.6 Å². The van der Waals surface area contributed by atoms with Gasteiger partial charge < -0.3 is 0 Å². The van der Waals surface area contributed by atoms with Gasteiger partial charge in [-0.1, -0.05) is 6.92 Å². The van der Waals surface area contributed by atoms with Crippen molar-refractivity contribution in [1.82, 2.24) is 10.3 Å². The standard InChI is InChI=1S/C8H16F3N3O/c1-2-4-14(6-8(9,10)11)5-3-7(15)13-12/h2-6,12H2,1H3,(H,13,15). The number of halogens is 3. The number of carbonyl (C=O) groups excluding carboxylic acids is 1. The molecular weight excluding hydrogens is 211 g/mol. The molecule has 0 aliphatic rings. The Morgan fingerprint density at radius 3 is 2.40 bits per heavy atom. The van der Waals surface area contributed by atoms with Crippen molar-refractivity contribution in [2.24, 2.45) is 5.84 Å². The number of nitrogens with zero attached hydrogens (tertiary/aromatic N) is 1. The van der Waals surface area contributed by atoms with Crippen LogP contribution in [-0.2, 0) is 4.79 Å². The molecule has 0 aliphatic carbocycles. The van der Waals surface area contributed by atoms with Crippen LogP contribution in [0.15, 0.2) is 0 Å². The van der Waals surface area contributed by atoms with Gasteiger partial charge in [0.15, 0.2) is 0 Å². The van der Waals surface area contributed by atoms with Gasteiger partial charge in [-0.05, 0) is 13.0 Å². The number of nitrogens with one attached hydrogen (secondary N) is 1. The SMILES string of the molecule is CCCN(CCC(=O)NN)CC(F)(F)F. The normalized spacial score (nSPS) is 11.9. The van der Waals surface area contributed by atoms with Crippen molar-refractivity contribution < 1.29 is 18.0 Å². The number of hydrogen-bond donors (Lipinski definition) is 2. The lowest BCUT2D eigenvalue weighted by Crippen LogP contribution is -2.38. The molecule has 0 unspecified atom stereocenters. The lowest BCUT2D eigenvalue weighted by Gasteiger charge is -2.22. The summed E-state index contributed by atoms with van der Waals surface area (Å²) in [6.07, 6.45) is -3.64. The molecule has 0 saturated heterocycles. The Balaban J connectivity index is 3.99. The maximum absolute atomic E-state index is 12.1. The van der Waals surface area contributed by atoms with E-state index in [0.717, 1.165) is 0 Å². The largest absolute Gasteiger partial charge is 0.401 e. The number of alkyl halides is 3. The maximum Gasteiger partial charge on any atom is 0.401 e. The van der Waals surface area contributed by atoms with E-state index < -0.39 is 18.6 Å². The summed E-state index contributed by atoms with van der Waals surface area (Å²) in [5.74, 6) is 4.36. The summed E-state index contributed by atoms with van der Waals surface area (Å²) in [4.78, 5) is 11.9. The maximum atomic E-state index is 12.1. The summed E-state index contributed by atoms with van der Waals surface area (Å²) in [5.41, 5.74) is 1.88. The second-order valence-corrected chi connectivity index (χ2v) is 3.21. The van der Waals surface area contributed by atoms with Gasteiger partial charge in [0, 0.05) is 13.0 Å². The summed E-state index contributed by atoms with van der Waals surface area (Å²) in [6, 6.07) is 0. The molecule has 0 aromatic heterocycles. The van der Waals surface area contributed by atoms with Crippen LogP contribution < -0.4 is 11.3 Å². The fourth-order valence-corrected chi connectivity index (χ4v) is 1.17. The van der Waals surface area contributed by atoms with Crippen LogP contribution in [0.4, 0.5) is 13.2 Å². The van der Waals surface area contributed by atoms with E-state index in [9.17, 15) is 18.0 Å². The predicted molar refractivity (Wildman–Crippen MR) is 49.7 cm³/mol. The van der Waals surface area contributed by atoms with Crippen LogP contribution >= 0.6 is 0 Å². The van der Waals surface area contributed by atoms with Crippen molar-refractivity contribution in [1.29, 1.82) is 0 Å². The molecule has 0 heterocycles. The number of hydrogen-bond acceptors (Lipinski definition) is 3. The second-order valence-electron chi connectivity index (χ2n) is 3.21. The zero-order valence-corrected chi connectivity index (χ0v) is 8.60. The number of hydrazine groups is 1. The van der Waals surface area contributed by atoms with E-state index in [4.69, 9.17) is 5.84 Å². The third kappa shape index (κ3) is 8.19. The molecule has 0 atom stereocenters. The van der Waals surface area contributed by atoms with E-state index in [0.29, 0.717) is 13.0 Å². The first-order valence-corrected chi connectivity index (χ1v) is 4.67. The molecule has 1 amide bonds. The zero-order valence-electron chi connectivity index (χ0n) is 8.60. The minimum absolute atomic E-state index is 0.0213. The van der Waals surface area contributed by atoms with Crippen molar-refractivity contribution in [2.75, 3.05) is 19.6 Å². The van der Waals surface area contributed by atoms with Gasteiger partial charge >= 0.3 is 6.18 Å². The molecule has 0 aromatic carbocycles. The van der Waals surface area contributed by atoms with E-state index in [2.05, 4.69) is 0 Å². The molecule has 0 saturated carbocycles. The van der Waals surface area contributed by atoms with Crippen molar-refractivity contribution in [3.8, 4) is 0 Å². The summed E-state index contributed by atoms with van der Waals surface area (Å²) in [5, 5.41) is 0. The molecule has 0 aliphatic heterocycles. The molecule has 0 bridgehead atoms. The van der Waals surface area contributed by atoms with Crippen LogP contribution in [0, 0.1) is 0 Å².